The summed E-state index contributed by atoms with van der Waals surface area (Å²) < 4.78 is 15.8. The lowest BCUT2D eigenvalue weighted by Gasteiger charge is -2.36. The molecule has 0 amide bonds. The maximum absolute atomic E-state index is 15.2. The number of hydrogen-bond acceptors (Lipinski definition) is 4. The third kappa shape index (κ3) is 3.09. The van der Waals surface area contributed by atoms with Crippen molar-refractivity contribution < 1.29 is 9.18 Å². The normalized spacial score (nSPS) is 23.5. The monoisotopic (exact) mass is 477 g/mol. The number of hydrogen-bond donors (Lipinski definition) is 0. The van der Waals surface area contributed by atoms with Gasteiger partial charge >= 0.3 is 0 Å². The Morgan fingerprint density at radius 1 is 1.13 bits per heavy atom. The highest BCUT2D eigenvalue weighted by atomic mass is 79.9. The molecule has 2 aromatic rings. The summed E-state index contributed by atoms with van der Waals surface area (Å²) in [5.74, 6) is -1.64. The molecule has 3 atom stereocenters. The molecule has 6 heteroatoms. The van der Waals surface area contributed by atoms with Crippen LogP contribution in [-0.4, -0.2) is 16.7 Å². The van der Waals surface area contributed by atoms with Crippen molar-refractivity contribution in [2.75, 3.05) is 0 Å². The van der Waals surface area contributed by atoms with Gasteiger partial charge in [-0.15, -0.1) is 0 Å². The van der Waals surface area contributed by atoms with Crippen molar-refractivity contribution >= 4 is 27.8 Å². The van der Waals surface area contributed by atoms with E-state index < -0.39 is 34.6 Å². The molecule has 0 unspecified atom stereocenters. The predicted molar refractivity (Wildman–Crippen MR) is 119 cm³/mol. The molecule has 156 valence electrons. The zero-order valence-electron chi connectivity index (χ0n) is 17.4. The van der Waals surface area contributed by atoms with Crippen molar-refractivity contribution in [1.82, 2.24) is 4.90 Å². The Morgan fingerprint density at radius 3 is 2.42 bits per heavy atom. The summed E-state index contributed by atoms with van der Waals surface area (Å²) >= 11 is 3.27. The quantitative estimate of drug-likeness (QED) is 0.553. The average Bonchev–Trinajstić information content (AvgIpc) is 3.03. The van der Waals surface area contributed by atoms with E-state index in [9.17, 15) is 15.3 Å². The van der Waals surface area contributed by atoms with E-state index in [1.165, 1.54) is 6.07 Å². The standard InChI is InChI=1S/C25H21BrFN3O/c1-24(2,3)23(31)21-20(18-9-8-16(26)12-19(18)27)25(13-28,14-29)22-17-7-5-4-6-15(17)10-11-30(21)22/h4-12,20-22H,1-3H3/t20-,21-,22+/m0/s1. The Balaban J connectivity index is 2.05. The van der Waals surface area contributed by atoms with Crippen LogP contribution in [-0.2, 0) is 4.79 Å². The van der Waals surface area contributed by atoms with Crippen molar-refractivity contribution in [2.24, 2.45) is 10.8 Å². The number of carbonyl (C=O) groups excluding carboxylic acids is 1. The van der Waals surface area contributed by atoms with E-state index in [1.807, 2.05) is 30.3 Å². The van der Waals surface area contributed by atoms with E-state index >= 15 is 4.39 Å². The first-order valence-electron chi connectivity index (χ1n) is 10.0. The zero-order valence-corrected chi connectivity index (χ0v) is 19.0. The fraction of sp³-hybridized carbons (Fsp3) is 0.320. The number of fused-ring (bicyclic) bond motifs is 3. The molecule has 4 nitrogen and oxygen atoms in total. The minimum atomic E-state index is -1.65. The van der Waals surface area contributed by atoms with Crippen LogP contribution in [0.15, 0.2) is 53.1 Å². The first-order valence-corrected chi connectivity index (χ1v) is 10.8. The highest BCUT2D eigenvalue weighted by Gasteiger charge is 2.65. The molecule has 1 fully saturated rings. The van der Waals surface area contributed by atoms with Crippen LogP contribution in [0.2, 0.25) is 0 Å². The molecule has 2 aliphatic heterocycles. The first-order chi connectivity index (χ1) is 14.7. The Labute approximate surface area is 189 Å². The van der Waals surface area contributed by atoms with Gasteiger partial charge in [-0.05, 0) is 34.9 Å². The van der Waals surface area contributed by atoms with Crippen LogP contribution >= 0.6 is 15.9 Å². The summed E-state index contributed by atoms with van der Waals surface area (Å²) in [5, 5.41) is 20.8. The number of rotatable bonds is 2. The summed E-state index contributed by atoms with van der Waals surface area (Å²) in [6.07, 6.45) is 3.66. The van der Waals surface area contributed by atoms with Crippen LogP contribution in [0.3, 0.4) is 0 Å². The van der Waals surface area contributed by atoms with Gasteiger partial charge in [0.05, 0.1) is 24.2 Å². The third-order valence-corrected chi connectivity index (χ3v) is 6.74. The van der Waals surface area contributed by atoms with Gasteiger partial charge in [0.25, 0.3) is 0 Å². The molecule has 1 saturated heterocycles. The maximum Gasteiger partial charge on any atom is 0.177 e. The number of nitrogens with zero attached hydrogens (tertiary/aromatic N) is 3. The van der Waals surface area contributed by atoms with Gasteiger partial charge in [0.2, 0.25) is 0 Å². The molecule has 0 N–H and O–H groups in total. The molecule has 2 heterocycles. The predicted octanol–water partition coefficient (Wildman–Crippen LogP) is 5.73. The molecular formula is C25H21BrFN3O. The number of halogens is 2. The molecule has 2 aromatic carbocycles. The van der Waals surface area contributed by atoms with Crippen LogP contribution in [0, 0.1) is 39.3 Å². The number of nitriles is 2. The smallest absolute Gasteiger partial charge is 0.177 e. The second-order valence-electron chi connectivity index (χ2n) is 9.09. The van der Waals surface area contributed by atoms with Crippen LogP contribution < -0.4 is 0 Å². The maximum atomic E-state index is 15.2. The van der Waals surface area contributed by atoms with E-state index in [0.29, 0.717) is 4.47 Å². The van der Waals surface area contributed by atoms with Gasteiger partial charge < -0.3 is 4.90 Å². The second kappa shape index (κ2) is 7.32. The Kier molecular flexibility index (Phi) is 5.03. The fourth-order valence-electron chi connectivity index (χ4n) is 4.84. The molecule has 0 spiro atoms. The van der Waals surface area contributed by atoms with Crippen molar-refractivity contribution in [3.63, 3.8) is 0 Å². The summed E-state index contributed by atoms with van der Waals surface area (Å²) in [4.78, 5) is 15.5. The van der Waals surface area contributed by atoms with Gasteiger partial charge in [0.1, 0.15) is 5.82 Å². The molecule has 31 heavy (non-hydrogen) atoms. The highest BCUT2D eigenvalue weighted by molar-refractivity contribution is 9.10. The summed E-state index contributed by atoms with van der Waals surface area (Å²) in [7, 11) is 0. The minimum Gasteiger partial charge on any atom is -0.357 e. The number of ketones is 1. The number of Topliss-reactive ketones (excluding diaryl/α,β-unsaturated/α-hetero) is 1. The third-order valence-electron chi connectivity index (χ3n) is 6.25. The molecule has 0 saturated carbocycles. The second-order valence-corrected chi connectivity index (χ2v) is 10.0. The van der Waals surface area contributed by atoms with Gasteiger partial charge in [-0.3, -0.25) is 4.79 Å². The number of carbonyl (C=O) groups is 1. The molecule has 0 aliphatic carbocycles. The van der Waals surface area contributed by atoms with E-state index in [1.54, 1.807) is 44.0 Å². The van der Waals surface area contributed by atoms with E-state index in [4.69, 9.17) is 0 Å². The summed E-state index contributed by atoms with van der Waals surface area (Å²) in [5.41, 5.74) is -0.516. The topological polar surface area (TPSA) is 67.9 Å². The Bertz CT molecular complexity index is 1170. The minimum absolute atomic E-state index is 0.138. The van der Waals surface area contributed by atoms with Crippen LogP contribution in [0.5, 0.6) is 0 Å². The Morgan fingerprint density at radius 2 is 1.81 bits per heavy atom. The van der Waals surface area contributed by atoms with E-state index in [-0.39, 0.29) is 11.3 Å². The molecule has 2 aliphatic rings. The van der Waals surface area contributed by atoms with Gasteiger partial charge in [-0.25, -0.2) is 4.39 Å². The molecule has 4 rings (SSSR count). The summed E-state index contributed by atoms with van der Waals surface area (Å²) in [6.45, 7) is 5.42. The van der Waals surface area contributed by atoms with E-state index in [0.717, 1.165) is 11.1 Å². The molecule has 0 bridgehead atoms. The van der Waals surface area contributed by atoms with Gasteiger partial charge in [-0.1, -0.05) is 67.0 Å². The van der Waals surface area contributed by atoms with Gasteiger partial charge in [0, 0.05) is 22.0 Å². The lowest BCUT2D eigenvalue weighted by atomic mass is 9.66. The first kappa shape index (κ1) is 21.3. The van der Waals surface area contributed by atoms with Crippen LogP contribution in [0.1, 0.15) is 49.4 Å². The van der Waals surface area contributed by atoms with Crippen LogP contribution in [0.25, 0.3) is 6.08 Å². The van der Waals surface area contributed by atoms with Crippen molar-refractivity contribution in [1.29, 1.82) is 10.5 Å². The summed E-state index contributed by atoms with van der Waals surface area (Å²) in [6, 6.07) is 15.0. The Hall–Kier alpha value is -2.96. The van der Waals surface area contributed by atoms with Crippen molar-refractivity contribution in [3.05, 3.63) is 75.6 Å². The SMILES string of the molecule is CC(C)(C)C(=O)[C@@H]1[C@H](c2ccc(Br)cc2F)C(C#N)(C#N)[C@H]2c3ccccc3C=CN12. The van der Waals surface area contributed by atoms with Gasteiger partial charge in [-0.2, -0.15) is 10.5 Å². The molecular weight excluding hydrogens is 457 g/mol. The average molecular weight is 478 g/mol. The lowest BCUT2D eigenvalue weighted by Crippen LogP contribution is -2.43. The van der Waals surface area contributed by atoms with Crippen LogP contribution in [0.4, 0.5) is 4.39 Å². The molecule has 0 aromatic heterocycles. The molecule has 0 radical (unpaired) electrons. The van der Waals surface area contributed by atoms with Gasteiger partial charge in [0.15, 0.2) is 11.2 Å². The highest BCUT2D eigenvalue weighted by Crippen LogP contribution is 2.60. The number of benzene rings is 2. The van der Waals surface area contributed by atoms with E-state index in [2.05, 4.69) is 28.1 Å². The fourth-order valence-corrected chi connectivity index (χ4v) is 5.17. The lowest BCUT2D eigenvalue weighted by molar-refractivity contribution is -0.130. The largest absolute Gasteiger partial charge is 0.357 e. The zero-order chi connectivity index (χ0) is 22.6. The van der Waals surface area contributed by atoms with Crippen molar-refractivity contribution in [3.8, 4) is 12.1 Å². The van der Waals surface area contributed by atoms with Crippen molar-refractivity contribution in [2.45, 2.75) is 38.8 Å².